The average Bonchev–Trinajstić information content (AvgIpc) is 0. The van der Waals surface area contributed by atoms with E-state index in [1.807, 2.05) is 0 Å². The van der Waals surface area contributed by atoms with Gasteiger partial charge in [0.1, 0.15) is 0 Å². The zero-order valence-corrected chi connectivity index (χ0v) is 16.9. The molecular weight excluding hydrogens is 884 g/mol. The van der Waals surface area contributed by atoms with Crippen molar-refractivity contribution in [1.29, 1.82) is 0 Å². The summed E-state index contributed by atoms with van der Waals surface area (Å²) in [4.78, 5) is 0. The second kappa shape index (κ2) is 57.2. The Hall–Kier alpha value is 3.41. The van der Waals surface area contributed by atoms with Gasteiger partial charge in [0.15, 0.2) is 0 Å². The van der Waals surface area contributed by atoms with Crippen LogP contribution in [0.5, 0.6) is 0 Å². The summed E-state index contributed by atoms with van der Waals surface area (Å²) in [5.74, 6) is 0. The van der Waals surface area contributed by atoms with Gasteiger partial charge in [-0.15, -0.1) is 0 Å². The first kappa shape index (κ1) is 79.2. The predicted octanol–water partition coefficient (Wildman–Crippen LogP) is -1.88. The second-order valence-corrected chi connectivity index (χ2v) is 0. The third-order valence-electron chi connectivity index (χ3n) is 0. The van der Waals surface area contributed by atoms with E-state index in [0.717, 1.165) is 0 Å². The van der Waals surface area contributed by atoms with E-state index < -0.39 is 0 Å². The molecule has 0 bridgehead atoms. The fraction of sp³-hybridized carbons (Fsp3) is 0. The molecule has 0 aromatic carbocycles. The Kier molecular flexibility index (Phi) is 647. The van der Waals surface area contributed by atoms with E-state index >= 15 is 0 Å². The third kappa shape index (κ3) is 44.4. The summed E-state index contributed by atoms with van der Waals surface area (Å²) in [6.07, 6.45) is 0. The van der Waals surface area contributed by atoms with Gasteiger partial charge < -0.3 is 16.4 Å². The second-order valence-electron chi connectivity index (χ2n) is 0. The minimum atomic E-state index is 0. The van der Waals surface area contributed by atoms with Crippen molar-refractivity contribution in [2.45, 2.75) is 0 Å². The summed E-state index contributed by atoms with van der Waals surface area (Å²) in [7, 11) is 0. The molecule has 0 fully saturated rings. The van der Waals surface area contributed by atoms with Crippen LogP contribution < -0.4 is 0 Å². The Balaban J connectivity index is 0. The average molecular weight is 884 g/mol. The Bertz CT molecular complexity index is 6.90. The normalized spacial score (nSPS) is 0. The monoisotopic (exact) mass is 884 g/mol. The van der Waals surface area contributed by atoms with Crippen molar-refractivity contribution in [3.05, 3.63) is 0 Å². The number of rotatable bonds is 0. The van der Waals surface area contributed by atoms with E-state index in [2.05, 4.69) is 0 Å². The molecule has 0 aliphatic carbocycles. The predicted molar refractivity (Wildman–Crippen MR) is 25.1 cm³/mol. The molecule has 0 rings (SSSR count). The molecule has 3 nitrogen and oxygen atoms in total. The van der Waals surface area contributed by atoms with Gasteiger partial charge in [0, 0.05) is 52.4 Å². The summed E-state index contributed by atoms with van der Waals surface area (Å²) in [5, 5.41) is 0. The van der Waals surface area contributed by atoms with Gasteiger partial charge in [0.25, 0.3) is 0 Å². The van der Waals surface area contributed by atoms with Crippen molar-refractivity contribution in [2.75, 3.05) is 0 Å². The quantitative estimate of drug-likeness (QED) is 0.256. The van der Waals surface area contributed by atoms with Gasteiger partial charge in [-0.25, -0.2) is 0 Å². The van der Waals surface area contributed by atoms with Crippen LogP contribution in [0.1, 0.15) is 0 Å². The molecule has 0 atom stereocenters. The molecule has 38 valence electrons. The molecule has 0 amide bonds. The van der Waals surface area contributed by atoms with Crippen molar-refractivity contribution in [3.63, 3.8) is 0 Å². The maximum absolute atomic E-state index is 0. The van der Waals surface area contributed by atoms with Crippen LogP contribution in [0.15, 0.2) is 0 Å². The maximum atomic E-state index is 0. The number of hydrogen-bond donors (Lipinski definition) is 0. The van der Waals surface area contributed by atoms with Crippen LogP contribution in [0, 0.1) is 0 Å². The first-order valence-electron chi connectivity index (χ1n) is 0. The Morgan fingerprint density at radius 3 is 0.429 bits per heavy atom. The van der Waals surface area contributed by atoms with E-state index in [1.54, 1.807) is 0 Å². The standard InChI is InChI=1S/4Bi.3O/q;;2*+3;3*-2. The van der Waals surface area contributed by atoms with E-state index in [1.165, 1.54) is 0 Å². The van der Waals surface area contributed by atoms with Gasteiger partial charge in [0.05, 0.1) is 0 Å². The van der Waals surface area contributed by atoms with Crippen LogP contribution in [0.3, 0.4) is 0 Å². The maximum Gasteiger partial charge on any atom is 3.00 e. The number of hydrogen-bond acceptors (Lipinski definition) is 0. The molecule has 0 N–H and O–H groups in total. The Morgan fingerprint density at radius 1 is 0.429 bits per heavy atom. The molecule has 0 aliphatic rings. The van der Waals surface area contributed by atoms with Crippen LogP contribution in [0.25, 0.3) is 0 Å². The fourth-order valence-corrected chi connectivity index (χ4v) is 0. The van der Waals surface area contributed by atoms with Crippen molar-refractivity contribution < 1.29 is 16.4 Å². The van der Waals surface area contributed by atoms with E-state index in [-0.39, 0.29) is 121 Å². The van der Waals surface area contributed by atoms with Gasteiger partial charge in [-0.1, -0.05) is 0 Å². The molecule has 0 unspecified atom stereocenters. The van der Waals surface area contributed by atoms with Crippen LogP contribution in [-0.4, -0.2) is 105 Å². The summed E-state index contributed by atoms with van der Waals surface area (Å²) in [6.45, 7) is 0. The molecule has 7 heteroatoms. The van der Waals surface area contributed by atoms with Gasteiger partial charge in [-0.2, -0.15) is 0 Å². The molecule has 0 aromatic heterocycles. The van der Waals surface area contributed by atoms with Gasteiger partial charge in [0.2, 0.25) is 0 Å². The molecule has 0 aliphatic heterocycles. The van der Waals surface area contributed by atoms with Gasteiger partial charge in [-0.3, -0.25) is 0 Å². The van der Waals surface area contributed by atoms with Gasteiger partial charge >= 0.3 is 52.4 Å². The molecular formula is Bi4O3. The van der Waals surface area contributed by atoms with Crippen molar-refractivity contribution >= 4 is 105 Å². The smallest absolute Gasteiger partial charge is 2.00 e. The SMILES string of the molecule is [Bi+3].[Bi+3].[Bi].[Bi].[O-2].[O-2].[O-2]. The largest absolute Gasteiger partial charge is 3.00 e. The Labute approximate surface area is 119 Å². The zero-order chi connectivity index (χ0) is 0. The first-order chi connectivity index (χ1) is 0. The minimum Gasteiger partial charge on any atom is -2.00 e. The molecule has 0 saturated heterocycles. The van der Waals surface area contributed by atoms with E-state index in [4.69, 9.17) is 0 Å². The van der Waals surface area contributed by atoms with Crippen molar-refractivity contribution in [1.82, 2.24) is 0 Å². The minimum absolute atomic E-state index is 0. The molecule has 7 heavy (non-hydrogen) atoms. The van der Waals surface area contributed by atoms with E-state index in [9.17, 15) is 0 Å². The summed E-state index contributed by atoms with van der Waals surface area (Å²) in [6, 6.07) is 0. The molecule has 0 spiro atoms. The first-order valence-corrected chi connectivity index (χ1v) is 0. The summed E-state index contributed by atoms with van der Waals surface area (Å²) >= 11 is 0. The molecule has 0 saturated carbocycles. The van der Waals surface area contributed by atoms with Gasteiger partial charge in [-0.05, 0) is 0 Å². The molecule has 0 aromatic rings. The van der Waals surface area contributed by atoms with Crippen LogP contribution in [-0.2, 0) is 16.4 Å². The zero-order valence-electron chi connectivity index (χ0n) is 3.01. The van der Waals surface area contributed by atoms with Crippen LogP contribution >= 0.6 is 0 Å². The Morgan fingerprint density at radius 2 is 0.429 bits per heavy atom. The molecule has 10 radical (unpaired) electrons. The molecule has 0 heterocycles. The van der Waals surface area contributed by atoms with Crippen molar-refractivity contribution in [2.24, 2.45) is 0 Å². The third-order valence-corrected chi connectivity index (χ3v) is 0. The summed E-state index contributed by atoms with van der Waals surface area (Å²) in [5.41, 5.74) is 0. The van der Waals surface area contributed by atoms with E-state index in [0.29, 0.717) is 0 Å². The fourth-order valence-electron chi connectivity index (χ4n) is 0. The van der Waals surface area contributed by atoms with Crippen LogP contribution in [0.2, 0.25) is 0 Å². The van der Waals surface area contributed by atoms with Crippen LogP contribution in [0.4, 0.5) is 0 Å². The van der Waals surface area contributed by atoms with Crippen molar-refractivity contribution in [3.8, 4) is 0 Å². The summed E-state index contributed by atoms with van der Waals surface area (Å²) < 4.78 is 0. The topological polar surface area (TPSA) is 85.5 Å².